The van der Waals surface area contributed by atoms with Gasteiger partial charge in [0.1, 0.15) is 0 Å². The Labute approximate surface area is 74.2 Å². The van der Waals surface area contributed by atoms with Gasteiger partial charge < -0.3 is 0 Å². The number of rotatable bonds is 3. The molecule has 0 aliphatic heterocycles. The highest BCUT2D eigenvalue weighted by Crippen LogP contribution is 2.24. The summed E-state index contributed by atoms with van der Waals surface area (Å²) in [6, 6.07) is 6.32. The summed E-state index contributed by atoms with van der Waals surface area (Å²) >= 11 is 0. The molecule has 0 atom stereocenters. The number of hydrogen-bond acceptors (Lipinski definition) is 1. The number of aliphatic imine (C=N–C) groups is 1. The first-order chi connectivity index (χ1) is 5.83. The topological polar surface area (TPSA) is 12.4 Å². The molecule has 1 nitrogen and oxygen atoms in total. The first-order valence-electron chi connectivity index (χ1n) is 4.41. The Morgan fingerprint density at radius 2 is 1.67 bits per heavy atom. The Morgan fingerprint density at radius 3 is 2.00 bits per heavy atom. The molecule has 0 unspecified atom stereocenters. The summed E-state index contributed by atoms with van der Waals surface area (Å²) in [5.74, 6) is 0. The van der Waals surface area contributed by atoms with Gasteiger partial charge in [0.2, 0.25) is 0 Å². The minimum Gasteiger partial charge on any atom is -0.264 e. The van der Waals surface area contributed by atoms with E-state index in [0.717, 1.165) is 18.5 Å². The fraction of sp³-hybridized carbons (Fsp3) is 0.364. The highest BCUT2D eigenvalue weighted by atomic mass is 14.7. The number of hydrogen-bond donors (Lipinski definition) is 0. The van der Waals surface area contributed by atoms with E-state index in [4.69, 9.17) is 0 Å². The van der Waals surface area contributed by atoms with E-state index >= 15 is 0 Å². The van der Waals surface area contributed by atoms with Crippen LogP contribution >= 0.6 is 0 Å². The van der Waals surface area contributed by atoms with E-state index in [0.29, 0.717) is 0 Å². The van der Waals surface area contributed by atoms with Crippen LogP contribution in [-0.4, -0.2) is 6.72 Å². The van der Waals surface area contributed by atoms with Crippen molar-refractivity contribution in [1.29, 1.82) is 0 Å². The summed E-state index contributed by atoms with van der Waals surface area (Å²) in [5.41, 5.74) is 3.68. The number of nitrogens with zero attached hydrogens (tertiary/aromatic N) is 1. The van der Waals surface area contributed by atoms with Crippen LogP contribution in [0.5, 0.6) is 0 Å². The SMILES string of the molecule is C=Nc1c(CC)cccc1CC. The van der Waals surface area contributed by atoms with Gasteiger partial charge in [-0.05, 0) is 30.7 Å². The monoisotopic (exact) mass is 161 g/mol. The first-order valence-corrected chi connectivity index (χ1v) is 4.41. The lowest BCUT2D eigenvalue weighted by Gasteiger charge is -2.06. The molecule has 12 heavy (non-hydrogen) atoms. The average molecular weight is 161 g/mol. The third-order valence-electron chi connectivity index (χ3n) is 2.12. The Hall–Kier alpha value is -1.11. The van der Waals surface area contributed by atoms with Gasteiger partial charge in [0.25, 0.3) is 0 Å². The largest absolute Gasteiger partial charge is 0.264 e. The van der Waals surface area contributed by atoms with Crippen LogP contribution in [0, 0.1) is 0 Å². The van der Waals surface area contributed by atoms with E-state index in [1.54, 1.807) is 0 Å². The van der Waals surface area contributed by atoms with Gasteiger partial charge >= 0.3 is 0 Å². The molecule has 1 aromatic rings. The fourth-order valence-electron chi connectivity index (χ4n) is 1.42. The minimum absolute atomic E-state index is 1.03. The van der Waals surface area contributed by atoms with Gasteiger partial charge in [0, 0.05) is 0 Å². The molecule has 0 aromatic heterocycles. The molecule has 0 heterocycles. The average Bonchev–Trinajstić information content (AvgIpc) is 2.16. The van der Waals surface area contributed by atoms with Crippen LogP contribution in [0.15, 0.2) is 23.2 Å². The van der Waals surface area contributed by atoms with Crippen molar-refractivity contribution in [2.45, 2.75) is 26.7 Å². The fourth-order valence-corrected chi connectivity index (χ4v) is 1.42. The van der Waals surface area contributed by atoms with Crippen LogP contribution in [0.25, 0.3) is 0 Å². The van der Waals surface area contributed by atoms with Gasteiger partial charge in [-0.3, -0.25) is 4.99 Å². The summed E-state index contributed by atoms with van der Waals surface area (Å²) in [4.78, 5) is 4.06. The van der Waals surface area contributed by atoms with Crippen molar-refractivity contribution in [3.8, 4) is 0 Å². The maximum Gasteiger partial charge on any atom is 0.0686 e. The molecular weight excluding hydrogens is 146 g/mol. The van der Waals surface area contributed by atoms with Crippen molar-refractivity contribution >= 4 is 12.4 Å². The van der Waals surface area contributed by atoms with Gasteiger partial charge in [-0.15, -0.1) is 0 Å². The molecule has 0 amide bonds. The van der Waals surface area contributed by atoms with Crippen LogP contribution in [0.2, 0.25) is 0 Å². The molecule has 1 heteroatoms. The second kappa shape index (κ2) is 4.05. The Balaban J connectivity index is 3.21. The lowest BCUT2D eigenvalue weighted by molar-refractivity contribution is 1.08. The highest BCUT2D eigenvalue weighted by Gasteiger charge is 2.02. The van der Waals surface area contributed by atoms with Crippen molar-refractivity contribution in [2.24, 2.45) is 4.99 Å². The number of aryl methyl sites for hydroxylation is 2. The van der Waals surface area contributed by atoms with E-state index in [2.05, 4.69) is 43.8 Å². The van der Waals surface area contributed by atoms with Gasteiger partial charge in [-0.25, -0.2) is 0 Å². The molecule has 0 spiro atoms. The summed E-state index contributed by atoms with van der Waals surface area (Å²) in [6.07, 6.45) is 2.06. The molecule has 0 aliphatic carbocycles. The Bertz CT molecular complexity index is 254. The first kappa shape index (κ1) is 8.98. The van der Waals surface area contributed by atoms with Gasteiger partial charge in [-0.1, -0.05) is 32.0 Å². The molecule has 0 bridgehead atoms. The highest BCUT2D eigenvalue weighted by molar-refractivity contribution is 5.57. The van der Waals surface area contributed by atoms with E-state index in [1.165, 1.54) is 11.1 Å². The maximum absolute atomic E-state index is 4.06. The van der Waals surface area contributed by atoms with E-state index in [9.17, 15) is 0 Å². The van der Waals surface area contributed by atoms with Gasteiger partial charge in [-0.2, -0.15) is 0 Å². The summed E-state index contributed by atoms with van der Waals surface area (Å²) in [5, 5.41) is 0. The van der Waals surface area contributed by atoms with Crippen LogP contribution in [-0.2, 0) is 12.8 Å². The zero-order valence-electron chi connectivity index (χ0n) is 7.80. The Morgan fingerprint density at radius 1 is 1.17 bits per heavy atom. The molecule has 0 aliphatic rings. The zero-order chi connectivity index (χ0) is 8.97. The quantitative estimate of drug-likeness (QED) is 0.604. The molecular formula is C11H15N. The third-order valence-corrected chi connectivity index (χ3v) is 2.12. The van der Waals surface area contributed by atoms with Crippen molar-refractivity contribution < 1.29 is 0 Å². The van der Waals surface area contributed by atoms with Crippen molar-refractivity contribution in [2.75, 3.05) is 0 Å². The van der Waals surface area contributed by atoms with Gasteiger partial charge in [0.15, 0.2) is 0 Å². The molecule has 0 saturated heterocycles. The molecule has 1 rings (SSSR count). The maximum atomic E-state index is 4.06. The standard InChI is InChI=1S/C11H15N/c1-4-9-7-6-8-10(5-2)11(9)12-3/h6-8H,3-5H2,1-2H3. The van der Waals surface area contributed by atoms with Crippen LogP contribution in [0.4, 0.5) is 5.69 Å². The van der Waals surface area contributed by atoms with Crippen LogP contribution < -0.4 is 0 Å². The number of benzene rings is 1. The molecule has 0 radical (unpaired) electrons. The molecule has 64 valence electrons. The third kappa shape index (κ3) is 1.55. The van der Waals surface area contributed by atoms with Crippen LogP contribution in [0.1, 0.15) is 25.0 Å². The summed E-state index contributed by atoms with van der Waals surface area (Å²) in [6.45, 7) is 7.88. The summed E-state index contributed by atoms with van der Waals surface area (Å²) in [7, 11) is 0. The predicted molar refractivity (Wildman–Crippen MR) is 54.4 cm³/mol. The normalized spacial score (nSPS) is 9.83. The van der Waals surface area contributed by atoms with Crippen molar-refractivity contribution in [3.05, 3.63) is 29.3 Å². The van der Waals surface area contributed by atoms with Crippen molar-refractivity contribution in [3.63, 3.8) is 0 Å². The molecule has 0 N–H and O–H groups in total. The van der Waals surface area contributed by atoms with E-state index in [-0.39, 0.29) is 0 Å². The van der Waals surface area contributed by atoms with Crippen LogP contribution in [0.3, 0.4) is 0 Å². The zero-order valence-corrected chi connectivity index (χ0v) is 7.80. The second-order valence-electron chi connectivity index (χ2n) is 2.79. The molecule has 0 saturated carbocycles. The smallest absolute Gasteiger partial charge is 0.0686 e. The Kier molecular flexibility index (Phi) is 3.03. The lowest BCUT2D eigenvalue weighted by Crippen LogP contribution is -1.87. The van der Waals surface area contributed by atoms with Crippen molar-refractivity contribution in [1.82, 2.24) is 0 Å². The van der Waals surface area contributed by atoms with E-state index < -0.39 is 0 Å². The van der Waals surface area contributed by atoms with E-state index in [1.807, 2.05) is 0 Å². The summed E-state index contributed by atoms with van der Waals surface area (Å²) < 4.78 is 0. The molecule has 0 fully saturated rings. The van der Waals surface area contributed by atoms with Gasteiger partial charge in [0.05, 0.1) is 5.69 Å². The minimum atomic E-state index is 1.03. The second-order valence-corrected chi connectivity index (χ2v) is 2.79. The predicted octanol–water partition coefficient (Wildman–Crippen LogP) is 3.14. The lowest BCUT2D eigenvalue weighted by atomic mass is 10.0. The molecule has 1 aromatic carbocycles. The number of para-hydroxylation sites is 1.